The zero-order chi connectivity index (χ0) is 11.7. The summed E-state index contributed by atoms with van der Waals surface area (Å²) in [7, 11) is 0. The van der Waals surface area contributed by atoms with E-state index in [1.54, 1.807) is 23.5 Å². The molecule has 84 valence electrons. The SMILES string of the molecule is O=CC(=C1Sc2ccccc2S1)[c-]1cccc1. The van der Waals surface area contributed by atoms with Gasteiger partial charge in [0.15, 0.2) is 0 Å². The molecule has 0 aliphatic carbocycles. The van der Waals surface area contributed by atoms with E-state index in [2.05, 4.69) is 12.1 Å². The van der Waals surface area contributed by atoms with Crippen molar-refractivity contribution in [2.45, 2.75) is 9.79 Å². The van der Waals surface area contributed by atoms with E-state index in [1.165, 1.54) is 9.79 Å². The molecule has 17 heavy (non-hydrogen) atoms. The van der Waals surface area contributed by atoms with Crippen LogP contribution in [0.2, 0.25) is 0 Å². The Morgan fingerprint density at radius 1 is 1.00 bits per heavy atom. The topological polar surface area (TPSA) is 17.1 Å². The maximum absolute atomic E-state index is 11.3. The lowest BCUT2D eigenvalue weighted by Gasteiger charge is -2.07. The van der Waals surface area contributed by atoms with E-state index in [9.17, 15) is 4.79 Å². The number of carbonyl (C=O) groups is 1. The van der Waals surface area contributed by atoms with Crippen molar-refractivity contribution in [3.8, 4) is 0 Å². The van der Waals surface area contributed by atoms with Gasteiger partial charge in [0.05, 0.1) is 6.29 Å². The normalized spacial score (nSPS) is 13.5. The predicted octanol–water partition coefficient (Wildman–Crippen LogP) is 4.17. The van der Waals surface area contributed by atoms with Gasteiger partial charge in [-0.1, -0.05) is 23.3 Å². The second-order valence-electron chi connectivity index (χ2n) is 3.64. The maximum Gasteiger partial charge on any atom is 0.0849 e. The summed E-state index contributed by atoms with van der Waals surface area (Å²) in [4.78, 5) is 13.7. The monoisotopic (exact) mass is 257 g/mol. The van der Waals surface area contributed by atoms with Gasteiger partial charge in [-0.15, -0.1) is 35.7 Å². The molecule has 1 heterocycles. The van der Waals surface area contributed by atoms with Crippen molar-refractivity contribution in [1.82, 2.24) is 0 Å². The van der Waals surface area contributed by atoms with E-state index in [0.717, 1.165) is 21.7 Å². The molecule has 0 saturated heterocycles. The predicted molar refractivity (Wildman–Crippen MR) is 73.2 cm³/mol. The van der Waals surface area contributed by atoms with Crippen LogP contribution in [0.25, 0.3) is 5.57 Å². The van der Waals surface area contributed by atoms with Crippen molar-refractivity contribution in [2.75, 3.05) is 0 Å². The van der Waals surface area contributed by atoms with Gasteiger partial charge >= 0.3 is 0 Å². The van der Waals surface area contributed by atoms with Gasteiger partial charge in [0.1, 0.15) is 0 Å². The molecule has 0 N–H and O–H groups in total. The number of thioether (sulfide) groups is 2. The van der Waals surface area contributed by atoms with Crippen LogP contribution in [0.5, 0.6) is 0 Å². The lowest BCUT2D eigenvalue weighted by molar-refractivity contribution is -0.103. The first kappa shape index (κ1) is 10.8. The molecule has 1 aliphatic heterocycles. The third kappa shape index (κ3) is 1.96. The van der Waals surface area contributed by atoms with E-state index in [0.29, 0.717) is 0 Å². The minimum atomic E-state index is 0.793. The highest BCUT2D eigenvalue weighted by atomic mass is 32.2. The molecule has 3 rings (SSSR count). The fourth-order valence-electron chi connectivity index (χ4n) is 1.74. The third-order valence-electron chi connectivity index (χ3n) is 2.57. The molecule has 0 radical (unpaired) electrons. The zero-order valence-electron chi connectivity index (χ0n) is 8.92. The molecule has 0 bridgehead atoms. The molecule has 0 atom stereocenters. The smallest absolute Gasteiger partial charge is 0.0849 e. The van der Waals surface area contributed by atoms with Crippen LogP contribution >= 0.6 is 23.5 Å². The first-order valence-corrected chi connectivity index (χ1v) is 6.88. The van der Waals surface area contributed by atoms with Crippen LogP contribution in [-0.4, -0.2) is 6.29 Å². The standard InChI is InChI=1S/C14H9OS2/c15-9-11(10-5-1-2-6-10)14-16-12-7-3-4-8-13(12)17-14/h1-9H/q-1. The Bertz CT molecular complexity index is 555. The van der Waals surface area contributed by atoms with Gasteiger partial charge < -0.3 is 4.79 Å². The molecule has 2 aromatic carbocycles. The molecule has 1 aliphatic rings. The summed E-state index contributed by atoms with van der Waals surface area (Å²) in [5.41, 5.74) is 1.80. The van der Waals surface area contributed by atoms with E-state index in [1.807, 2.05) is 36.4 Å². The third-order valence-corrected chi connectivity index (χ3v) is 5.16. The Labute approximate surface area is 108 Å². The second kappa shape index (κ2) is 4.51. The Balaban J connectivity index is 2.04. The van der Waals surface area contributed by atoms with Crippen LogP contribution in [0.3, 0.4) is 0 Å². The van der Waals surface area contributed by atoms with E-state index in [4.69, 9.17) is 0 Å². The van der Waals surface area contributed by atoms with E-state index >= 15 is 0 Å². The lowest BCUT2D eigenvalue weighted by Crippen LogP contribution is -1.84. The number of hydrogen-bond donors (Lipinski definition) is 0. The molecule has 0 spiro atoms. The Morgan fingerprint density at radius 3 is 2.12 bits per heavy atom. The highest BCUT2D eigenvalue weighted by molar-refractivity contribution is 8.25. The van der Waals surface area contributed by atoms with E-state index in [-0.39, 0.29) is 0 Å². The van der Waals surface area contributed by atoms with Gasteiger partial charge in [-0.25, -0.2) is 0 Å². The highest BCUT2D eigenvalue weighted by Gasteiger charge is 2.16. The summed E-state index contributed by atoms with van der Waals surface area (Å²) in [6, 6.07) is 16.1. The summed E-state index contributed by atoms with van der Waals surface area (Å²) in [5, 5.41) is 0. The van der Waals surface area contributed by atoms with Crippen LogP contribution in [0.4, 0.5) is 0 Å². The number of benzene rings is 1. The van der Waals surface area contributed by atoms with Crippen molar-refractivity contribution >= 4 is 35.4 Å². The highest BCUT2D eigenvalue weighted by Crippen LogP contribution is 2.53. The fourth-order valence-corrected chi connectivity index (χ4v) is 4.27. The number of hydrogen-bond acceptors (Lipinski definition) is 3. The minimum absolute atomic E-state index is 0.793. The first-order chi connectivity index (χ1) is 8.38. The molecule has 0 fully saturated rings. The fraction of sp³-hybridized carbons (Fsp3) is 0. The number of fused-ring (bicyclic) bond motifs is 1. The summed E-state index contributed by atoms with van der Waals surface area (Å²) < 4.78 is 1.08. The van der Waals surface area contributed by atoms with Gasteiger partial charge in [-0.3, -0.25) is 0 Å². The molecule has 2 aromatic rings. The van der Waals surface area contributed by atoms with Crippen LogP contribution in [0.1, 0.15) is 5.56 Å². The van der Waals surface area contributed by atoms with Gasteiger partial charge in [0.25, 0.3) is 0 Å². The van der Waals surface area contributed by atoms with Crippen molar-refractivity contribution < 1.29 is 4.79 Å². The summed E-state index contributed by atoms with van der Waals surface area (Å²) in [6.45, 7) is 0. The van der Waals surface area contributed by atoms with Crippen molar-refractivity contribution in [1.29, 1.82) is 0 Å². The molecule has 0 unspecified atom stereocenters. The average molecular weight is 257 g/mol. The van der Waals surface area contributed by atoms with Gasteiger partial charge in [-0.05, 0) is 16.4 Å². The number of carbonyl (C=O) groups excluding carboxylic acids is 1. The molecule has 3 heteroatoms. The summed E-state index contributed by atoms with van der Waals surface area (Å²) in [5.74, 6) is 0. The largest absolute Gasteiger partial charge is 0.344 e. The van der Waals surface area contributed by atoms with Crippen LogP contribution in [-0.2, 0) is 4.79 Å². The molecule has 0 amide bonds. The summed E-state index contributed by atoms with van der Waals surface area (Å²) in [6.07, 6.45) is 0.955. The number of allylic oxidation sites excluding steroid dienone is 1. The molecule has 0 aromatic heterocycles. The van der Waals surface area contributed by atoms with E-state index < -0.39 is 0 Å². The maximum atomic E-state index is 11.3. The summed E-state index contributed by atoms with van der Waals surface area (Å²) >= 11 is 3.36. The lowest BCUT2D eigenvalue weighted by atomic mass is 10.2. The van der Waals surface area contributed by atoms with Crippen LogP contribution < -0.4 is 0 Å². The van der Waals surface area contributed by atoms with Gasteiger partial charge in [0, 0.05) is 9.79 Å². The Morgan fingerprint density at radius 2 is 1.59 bits per heavy atom. The van der Waals surface area contributed by atoms with Gasteiger partial charge in [-0.2, -0.15) is 12.1 Å². The molecule has 1 nitrogen and oxygen atoms in total. The van der Waals surface area contributed by atoms with Crippen LogP contribution in [0, 0.1) is 0 Å². The molecular formula is C14H9OS2-. The Kier molecular flexibility index (Phi) is 2.87. The molecule has 0 saturated carbocycles. The van der Waals surface area contributed by atoms with Crippen molar-refractivity contribution in [3.05, 3.63) is 58.3 Å². The van der Waals surface area contributed by atoms with Crippen molar-refractivity contribution in [3.63, 3.8) is 0 Å². The number of aldehydes is 1. The van der Waals surface area contributed by atoms with Crippen molar-refractivity contribution in [2.24, 2.45) is 0 Å². The molecular weight excluding hydrogens is 248 g/mol. The number of rotatable bonds is 2. The van der Waals surface area contributed by atoms with Gasteiger partial charge in [0.2, 0.25) is 0 Å². The van der Waals surface area contributed by atoms with Crippen LogP contribution in [0.15, 0.2) is 62.6 Å². The second-order valence-corrected chi connectivity index (χ2v) is 6.01. The first-order valence-electron chi connectivity index (χ1n) is 5.25. The quantitative estimate of drug-likeness (QED) is 0.456. The Hall–Kier alpha value is -1.32. The average Bonchev–Trinajstić information content (AvgIpc) is 2.98. The zero-order valence-corrected chi connectivity index (χ0v) is 10.6. The minimum Gasteiger partial charge on any atom is -0.344 e.